The smallest absolute Gasteiger partial charge is 0.178 e. The molecule has 0 atom stereocenters. The van der Waals surface area contributed by atoms with E-state index in [-0.39, 0.29) is 6.61 Å². The average Bonchev–Trinajstić information content (AvgIpc) is 2.96. The molecular formula is C11H11N5O. The fourth-order valence-corrected chi connectivity index (χ4v) is 1.69. The second kappa shape index (κ2) is 3.99. The molecule has 0 aromatic carbocycles. The van der Waals surface area contributed by atoms with Gasteiger partial charge in [0.1, 0.15) is 5.69 Å². The zero-order chi connectivity index (χ0) is 11.7. The summed E-state index contributed by atoms with van der Waals surface area (Å²) in [5.41, 5.74) is 3.15. The highest BCUT2D eigenvalue weighted by Gasteiger charge is 2.05. The number of aliphatic hydroxyl groups is 1. The molecule has 3 aromatic heterocycles. The molecule has 0 amide bonds. The van der Waals surface area contributed by atoms with Crippen molar-refractivity contribution in [2.24, 2.45) is 0 Å². The number of nitrogens with zero attached hydrogens (tertiary/aromatic N) is 4. The molecule has 3 heterocycles. The van der Waals surface area contributed by atoms with Gasteiger partial charge in [0.15, 0.2) is 5.65 Å². The highest BCUT2D eigenvalue weighted by Crippen LogP contribution is 2.17. The summed E-state index contributed by atoms with van der Waals surface area (Å²) < 4.78 is 1.69. The van der Waals surface area contributed by atoms with E-state index in [0.717, 1.165) is 16.9 Å². The molecule has 86 valence electrons. The summed E-state index contributed by atoms with van der Waals surface area (Å²) in [6.07, 6.45) is 3.44. The number of aromatic nitrogens is 5. The Bertz CT molecular complexity index is 642. The lowest BCUT2D eigenvalue weighted by molar-refractivity contribution is 0.269. The van der Waals surface area contributed by atoms with Crippen LogP contribution in [0.25, 0.3) is 22.6 Å². The maximum absolute atomic E-state index is 8.82. The standard InChI is InChI=1S/C11H11N5O/c17-6-5-16-4-3-9(15-16)8-1-2-10-11(14-8)13-7-12-10/h1-4,7,17H,5-6H2,(H,12,13,14). The minimum atomic E-state index is 0.0763. The summed E-state index contributed by atoms with van der Waals surface area (Å²) in [6.45, 7) is 0.567. The van der Waals surface area contributed by atoms with Gasteiger partial charge in [0.05, 0.1) is 30.7 Å². The van der Waals surface area contributed by atoms with E-state index in [1.165, 1.54) is 0 Å². The number of imidazole rings is 1. The molecule has 2 N–H and O–H groups in total. The second-order valence-corrected chi connectivity index (χ2v) is 3.66. The molecule has 0 aliphatic rings. The molecule has 6 nitrogen and oxygen atoms in total. The number of nitrogens with one attached hydrogen (secondary N) is 1. The molecule has 0 aliphatic heterocycles. The van der Waals surface area contributed by atoms with E-state index in [4.69, 9.17) is 5.11 Å². The molecule has 0 bridgehead atoms. The molecule has 0 spiro atoms. The van der Waals surface area contributed by atoms with Crippen LogP contribution >= 0.6 is 0 Å². The Morgan fingerprint density at radius 3 is 3.06 bits per heavy atom. The van der Waals surface area contributed by atoms with Gasteiger partial charge in [-0.25, -0.2) is 9.97 Å². The third kappa shape index (κ3) is 1.78. The Balaban J connectivity index is 2.00. The fourth-order valence-electron chi connectivity index (χ4n) is 1.69. The number of hydrogen-bond acceptors (Lipinski definition) is 4. The summed E-state index contributed by atoms with van der Waals surface area (Å²) in [7, 11) is 0. The van der Waals surface area contributed by atoms with Crippen molar-refractivity contribution in [1.29, 1.82) is 0 Å². The maximum atomic E-state index is 8.82. The SMILES string of the molecule is OCCn1ccc(-c2ccc3[nH]cnc3n2)n1. The molecule has 3 rings (SSSR count). The molecule has 0 aliphatic carbocycles. The van der Waals surface area contributed by atoms with Gasteiger partial charge in [0.25, 0.3) is 0 Å². The van der Waals surface area contributed by atoms with Gasteiger partial charge in [-0.2, -0.15) is 5.10 Å². The van der Waals surface area contributed by atoms with Crippen molar-refractivity contribution in [2.75, 3.05) is 6.61 Å². The van der Waals surface area contributed by atoms with Gasteiger partial charge < -0.3 is 10.1 Å². The Kier molecular flexibility index (Phi) is 2.34. The van der Waals surface area contributed by atoms with E-state index in [0.29, 0.717) is 12.2 Å². The lowest BCUT2D eigenvalue weighted by atomic mass is 10.3. The Morgan fingerprint density at radius 1 is 1.24 bits per heavy atom. The van der Waals surface area contributed by atoms with Crippen molar-refractivity contribution >= 4 is 11.2 Å². The van der Waals surface area contributed by atoms with Crippen LogP contribution in [-0.2, 0) is 6.54 Å². The van der Waals surface area contributed by atoms with Gasteiger partial charge in [-0.15, -0.1) is 0 Å². The number of pyridine rings is 1. The van der Waals surface area contributed by atoms with Gasteiger partial charge in [0, 0.05) is 6.20 Å². The first-order chi connectivity index (χ1) is 8.36. The van der Waals surface area contributed by atoms with Crippen LogP contribution in [0.5, 0.6) is 0 Å². The first-order valence-electron chi connectivity index (χ1n) is 5.31. The number of fused-ring (bicyclic) bond motifs is 1. The first kappa shape index (κ1) is 9.98. The number of rotatable bonds is 3. The third-order valence-electron chi connectivity index (χ3n) is 2.51. The molecule has 6 heteroatoms. The van der Waals surface area contributed by atoms with Crippen LogP contribution in [0.3, 0.4) is 0 Å². The Morgan fingerprint density at radius 2 is 2.18 bits per heavy atom. The third-order valence-corrected chi connectivity index (χ3v) is 2.51. The minimum absolute atomic E-state index is 0.0763. The fraction of sp³-hybridized carbons (Fsp3) is 0.182. The van der Waals surface area contributed by atoms with Gasteiger partial charge in [-0.05, 0) is 18.2 Å². The zero-order valence-electron chi connectivity index (χ0n) is 9.04. The van der Waals surface area contributed by atoms with Crippen LogP contribution < -0.4 is 0 Å². The monoisotopic (exact) mass is 229 g/mol. The predicted octanol–water partition coefficient (Wildman–Crippen LogP) is 0.814. The topological polar surface area (TPSA) is 79.6 Å². The molecule has 3 aromatic rings. The van der Waals surface area contributed by atoms with Crippen molar-refractivity contribution in [3.63, 3.8) is 0 Å². The van der Waals surface area contributed by atoms with E-state index in [1.807, 2.05) is 24.4 Å². The molecule has 0 saturated carbocycles. The van der Waals surface area contributed by atoms with Crippen molar-refractivity contribution in [1.82, 2.24) is 24.7 Å². The van der Waals surface area contributed by atoms with Crippen LogP contribution in [0, 0.1) is 0 Å². The molecule has 0 radical (unpaired) electrons. The quantitative estimate of drug-likeness (QED) is 0.696. The average molecular weight is 229 g/mol. The minimum Gasteiger partial charge on any atom is -0.394 e. The van der Waals surface area contributed by atoms with Gasteiger partial charge in [-0.3, -0.25) is 4.68 Å². The highest BCUT2D eigenvalue weighted by molar-refractivity contribution is 5.73. The van der Waals surface area contributed by atoms with Gasteiger partial charge in [-0.1, -0.05) is 0 Å². The number of aromatic amines is 1. The maximum Gasteiger partial charge on any atom is 0.178 e. The summed E-state index contributed by atoms with van der Waals surface area (Å²) in [5, 5.41) is 13.1. The number of H-pyrrole nitrogens is 1. The van der Waals surface area contributed by atoms with Gasteiger partial charge >= 0.3 is 0 Å². The summed E-state index contributed by atoms with van der Waals surface area (Å²) >= 11 is 0. The zero-order valence-corrected chi connectivity index (χ0v) is 9.04. The van der Waals surface area contributed by atoms with Crippen molar-refractivity contribution < 1.29 is 5.11 Å². The summed E-state index contributed by atoms with van der Waals surface area (Å²) in [5.74, 6) is 0. The Labute approximate surface area is 96.9 Å². The largest absolute Gasteiger partial charge is 0.394 e. The molecule has 17 heavy (non-hydrogen) atoms. The van der Waals surface area contributed by atoms with E-state index in [1.54, 1.807) is 11.0 Å². The Hall–Kier alpha value is -2.21. The van der Waals surface area contributed by atoms with Crippen molar-refractivity contribution in [3.8, 4) is 11.4 Å². The van der Waals surface area contributed by atoms with Crippen LogP contribution in [0.2, 0.25) is 0 Å². The van der Waals surface area contributed by atoms with Crippen LogP contribution in [0.15, 0.2) is 30.7 Å². The lowest BCUT2D eigenvalue weighted by Gasteiger charge is -1.97. The highest BCUT2D eigenvalue weighted by atomic mass is 16.3. The van der Waals surface area contributed by atoms with E-state index in [2.05, 4.69) is 20.1 Å². The normalized spacial score (nSPS) is 11.1. The summed E-state index contributed by atoms with van der Waals surface area (Å²) in [6, 6.07) is 5.69. The second-order valence-electron chi connectivity index (χ2n) is 3.66. The molecular weight excluding hydrogens is 218 g/mol. The van der Waals surface area contributed by atoms with E-state index < -0.39 is 0 Å². The lowest BCUT2D eigenvalue weighted by Crippen LogP contribution is -2.02. The number of aliphatic hydroxyl groups excluding tert-OH is 1. The van der Waals surface area contributed by atoms with Crippen molar-refractivity contribution in [2.45, 2.75) is 6.54 Å². The van der Waals surface area contributed by atoms with E-state index >= 15 is 0 Å². The van der Waals surface area contributed by atoms with Crippen LogP contribution in [-0.4, -0.2) is 36.4 Å². The predicted molar refractivity (Wildman–Crippen MR) is 62.2 cm³/mol. The van der Waals surface area contributed by atoms with Crippen molar-refractivity contribution in [3.05, 3.63) is 30.7 Å². The summed E-state index contributed by atoms with van der Waals surface area (Å²) in [4.78, 5) is 11.5. The van der Waals surface area contributed by atoms with Crippen LogP contribution in [0.4, 0.5) is 0 Å². The first-order valence-corrected chi connectivity index (χ1v) is 5.31. The molecule has 0 saturated heterocycles. The molecule has 0 unspecified atom stereocenters. The van der Waals surface area contributed by atoms with E-state index in [9.17, 15) is 0 Å². The van der Waals surface area contributed by atoms with Gasteiger partial charge in [0.2, 0.25) is 0 Å². The number of hydrogen-bond donors (Lipinski definition) is 2. The van der Waals surface area contributed by atoms with Crippen LogP contribution in [0.1, 0.15) is 0 Å². The molecule has 0 fully saturated rings.